The van der Waals surface area contributed by atoms with Crippen LogP contribution in [0.1, 0.15) is 22.3 Å². The summed E-state index contributed by atoms with van der Waals surface area (Å²) in [6.07, 6.45) is 0. The summed E-state index contributed by atoms with van der Waals surface area (Å²) >= 11 is 0. The van der Waals surface area contributed by atoms with Crippen LogP contribution in [0.2, 0.25) is 0 Å². The third-order valence-electron chi connectivity index (χ3n) is 13.7. The maximum absolute atomic E-state index is 5.37. The molecule has 0 amide bonds. The van der Waals surface area contributed by atoms with Crippen LogP contribution in [-0.4, -0.2) is 19.5 Å². The predicted octanol–water partition coefficient (Wildman–Crippen LogP) is 15.7. The summed E-state index contributed by atoms with van der Waals surface area (Å²) in [6, 6.07) is 91.3. The molecular weight excluding hydrogens is 825 g/mol. The number of hydrogen-bond donors (Lipinski definition) is 0. The Labute approximate surface area is 395 Å². The molecule has 0 saturated carbocycles. The number of aromatic nitrogens is 4. The van der Waals surface area contributed by atoms with Crippen LogP contribution in [0.5, 0.6) is 0 Å². The van der Waals surface area contributed by atoms with Crippen LogP contribution >= 0.6 is 0 Å². The maximum atomic E-state index is 5.37. The zero-order valence-electron chi connectivity index (χ0n) is 37.0. The van der Waals surface area contributed by atoms with Crippen molar-refractivity contribution in [2.24, 2.45) is 0 Å². The largest absolute Gasteiger partial charge is 0.278 e. The second kappa shape index (κ2) is 16.2. The molecule has 0 bridgehead atoms. The molecule has 13 rings (SSSR count). The van der Waals surface area contributed by atoms with Gasteiger partial charge in [0, 0.05) is 21.9 Å². The van der Waals surface area contributed by atoms with Crippen molar-refractivity contribution in [2.45, 2.75) is 5.41 Å². The van der Waals surface area contributed by atoms with E-state index in [0.717, 1.165) is 55.2 Å². The van der Waals surface area contributed by atoms with Crippen LogP contribution in [0, 0.1) is 0 Å². The molecule has 0 spiro atoms. The Balaban J connectivity index is 0.993. The standard InChI is InChI=1S/C64H42N4/c1-5-19-43(20-6-1)45-23-17-24-46(39-45)47-25-18-26-50(40-47)62-65-61(44-21-7-2-8-22-44)66-63(67-62)68-59-34-16-14-32-55(59)56-38-36-49(42-60(56)68)48-35-37-54-53-31-13-15-33-57(53)64(58(54)41-48,51-27-9-3-10-28-51)52-29-11-4-12-30-52/h1-42H. The normalized spacial score (nSPS) is 12.5. The Kier molecular flexibility index (Phi) is 9.36. The van der Waals surface area contributed by atoms with Gasteiger partial charge in [0.2, 0.25) is 5.95 Å². The van der Waals surface area contributed by atoms with E-state index in [-0.39, 0.29) is 0 Å². The molecule has 2 aromatic heterocycles. The minimum absolute atomic E-state index is 0.499. The molecule has 0 fully saturated rings. The van der Waals surface area contributed by atoms with E-state index in [0.29, 0.717) is 17.6 Å². The molecule has 0 unspecified atom stereocenters. The van der Waals surface area contributed by atoms with Crippen LogP contribution < -0.4 is 0 Å². The smallest absolute Gasteiger partial charge is 0.238 e. The van der Waals surface area contributed by atoms with E-state index in [1.165, 1.54) is 44.5 Å². The summed E-state index contributed by atoms with van der Waals surface area (Å²) in [5, 5.41) is 2.26. The first-order chi connectivity index (χ1) is 33.7. The van der Waals surface area contributed by atoms with E-state index in [1.54, 1.807) is 0 Å². The van der Waals surface area contributed by atoms with Gasteiger partial charge in [-0.3, -0.25) is 4.57 Å². The summed E-state index contributed by atoms with van der Waals surface area (Å²) in [4.78, 5) is 15.9. The molecule has 0 aliphatic heterocycles. The fourth-order valence-electron chi connectivity index (χ4n) is 10.6. The average Bonchev–Trinajstić information content (AvgIpc) is 3.92. The lowest BCUT2D eigenvalue weighted by molar-refractivity contribution is 0.769. The zero-order valence-corrected chi connectivity index (χ0v) is 37.0. The first-order valence-corrected chi connectivity index (χ1v) is 23.2. The first-order valence-electron chi connectivity index (χ1n) is 23.2. The lowest BCUT2D eigenvalue weighted by atomic mass is 9.67. The van der Waals surface area contributed by atoms with Crippen molar-refractivity contribution in [3.8, 4) is 73.2 Å². The van der Waals surface area contributed by atoms with Gasteiger partial charge in [0.05, 0.1) is 16.4 Å². The van der Waals surface area contributed by atoms with Gasteiger partial charge >= 0.3 is 0 Å². The van der Waals surface area contributed by atoms with Crippen LogP contribution in [0.25, 0.3) is 95.0 Å². The second-order valence-corrected chi connectivity index (χ2v) is 17.5. The van der Waals surface area contributed by atoms with Crippen molar-refractivity contribution < 1.29 is 0 Å². The molecule has 0 saturated heterocycles. The van der Waals surface area contributed by atoms with Crippen molar-refractivity contribution in [2.75, 3.05) is 0 Å². The van der Waals surface area contributed by atoms with Gasteiger partial charge in [-0.1, -0.05) is 224 Å². The topological polar surface area (TPSA) is 43.6 Å². The van der Waals surface area contributed by atoms with Crippen molar-refractivity contribution in [3.05, 3.63) is 277 Å². The summed E-state index contributed by atoms with van der Waals surface area (Å²) in [6.45, 7) is 0. The Morgan fingerprint density at radius 1 is 0.279 bits per heavy atom. The summed E-state index contributed by atoms with van der Waals surface area (Å²) in [7, 11) is 0. The monoisotopic (exact) mass is 866 g/mol. The van der Waals surface area contributed by atoms with Gasteiger partial charge in [0.15, 0.2) is 11.6 Å². The van der Waals surface area contributed by atoms with Crippen molar-refractivity contribution in [3.63, 3.8) is 0 Å². The second-order valence-electron chi connectivity index (χ2n) is 17.5. The van der Waals surface area contributed by atoms with Gasteiger partial charge < -0.3 is 0 Å². The highest BCUT2D eigenvalue weighted by atomic mass is 15.2. The Morgan fingerprint density at radius 2 is 0.750 bits per heavy atom. The van der Waals surface area contributed by atoms with E-state index >= 15 is 0 Å². The van der Waals surface area contributed by atoms with Gasteiger partial charge in [-0.05, 0) is 97.1 Å². The molecule has 4 heteroatoms. The number of para-hydroxylation sites is 1. The van der Waals surface area contributed by atoms with Crippen LogP contribution in [0.15, 0.2) is 255 Å². The fourth-order valence-corrected chi connectivity index (χ4v) is 10.6. The van der Waals surface area contributed by atoms with E-state index in [4.69, 9.17) is 15.0 Å². The Hall–Kier alpha value is -8.99. The third kappa shape index (κ3) is 6.41. The van der Waals surface area contributed by atoms with Crippen LogP contribution in [0.3, 0.4) is 0 Å². The predicted molar refractivity (Wildman–Crippen MR) is 279 cm³/mol. The Morgan fingerprint density at radius 3 is 1.46 bits per heavy atom. The Bertz CT molecular complexity index is 3800. The fraction of sp³-hybridized carbons (Fsp3) is 0.0156. The zero-order chi connectivity index (χ0) is 45.0. The molecule has 68 heavy (non-hydrogen) atoms. The van der Waals surface area contributed by atoms with Crippen LogP contribution in [0.4, 0.5) is 0 Å². The van der Waals surface area contributed by atoms with Crippen molar-refractivity contribution >= 4 is 21.8 Å². The average molecular weight is 867 g/mol. The van der Waals surface area contributed by atoms with Crippen molar-refractivity contribution in [1.29, 1.82) is 0 Å². The first kappa shape index (κ1) is 39.4. The number of nitrogens with zero attached hydrogens (tertiary/aromatic N) is 4. The SMILES string of the molecule is c1ccc(-c2cccc(-c3cccc(-c4nc(-c5ccccc5)nc(-n5c6ccccc6c6ccc(-c7ccc8c(c7)C(c7ccccc7)(c7ccccc7)c7ccccc7-8)cc65)n4)c3)c2)cc1. The number of rotatable bonds is 8. The van der Waals surface area contributed by atoms with E-state index < -0.39 is 5.41 Å². The lowest BCUT2D eigenvalue weighted by Crippen LogP contribution is -2.28. The lowest BCUT2D eigenvalue weighted by Gasteiger charge is -2.34. The summed E-state index contributed by atoms with van der Waals surface area (Å²) in [5.74, 6) is 1.78. The molecular formula is C64H42N4. The molecule has 318 valence electrons. The van der Waals surface area contributed by atoms with Gasteiger partial charge in [-0.25, -0.2) is 4.98 Å². The highest BCUT2D eigenvalue weighted by Crippen LogP contribution is 2.56. The summed E-state index contributed by atoms with van der Waals surface area (Å²) < 4.78 is 2.22. The van der Waals surface area contributed by atoms with E-state index in [9.17, 15) is 0 Å². The minimum atomic E-state index is -0.499. The number of hydrogen-bond acceptors (Lipinski definition) is 3. The highest BCUT2D eigenvalue weighted by molar-refractivity contribution is 6.10. The molecule has 0 radical (unpaired) electrons. The molecule has 10 aromatic carbocycles. The quantitative estimate of drug-likeness (QED) is 0.153. The third-order valence-corrected chi connectivity index (χ3v) is 13.7. The number of benzene rings is 10. The number of fused-ring (bicyclic) bond motifs is 6. The van der Waals surface area contributed by atoms with Crippen LogP contribution in [-0.2, 0) is 5.41 Å². The van der Waals surface area contributed by atoms with Gasteiger partial charge in [0.25, 0.3) is 0 Å². The van der Waals surface area contributed by atoms with Gasteiger partial charge in [0.1, 0.15) is 0 Å². The molecule has 0 N–H and O–H groups in total. The molecule has 12 aromatic rings. The van der Waals surface area contributed by atoms with E-state index in [1.807, 2.05) is 18.2 Å². The molecule has 1 aliphatic carbocycles. The van der Waals surface area contributed by atoms with E-state index in [2.05, 4.69) is 241 Å². The van der Waals surface area contributed by atoms with Gasteiger partial charge in [-0.2, -0.15) is 9.97 Å². The summed E-state index contributed by atoms with van der Waals surface area (Å²) in [5.41, 5.74) is 17.8. The molecule has 1 aliphatic rings. The molecule has 4 nitrogen and oxygen atoms in total. The van der Waals surface area contributed by atoms with Crippen molar-refractivity contribution in [1.82, 2.24) is 19.5 Å². The maximum Gasteiger partial charge on any atom is 0.238 e. The highest BCUT2D eigenvalue weighted by Gasteiger charge is 2.46. The minimum Gasteiger partial charge on any atom is -0.278 e. The van der Waals surface area contributed by atoms with Gasteiger partial charge in [-0.15, -0.1) is 0 Å². The molecule has 0 atom stereocenters. The molecule has 2 heterocycles.